The van der Waals surface area contributed by atoms with Crippen molar-refractivity contribution in [1.82, 2.24) is 10.6 Å². The second-order valence-electron chi connectivity index (χ2n) is 7.74. The number of amides is 1. The normalized spacial score (nSPS) is 24.2. The summed E-state index contributed by atoms with van der Waals surface area (Å²) >= 11 is 0. The molecule has 1 fully saturated rings. The van der Waals surface area contributed by atoms with E-state index in [2.05, 4.69) is 52.2 Å². The largest absolute Gasteiger partial charge is 0.352 e. The summed E-state index contributed by atoms with van der Waals surface area (Å²) in [5.41, 5.74) is 6.03. The molecule has 4 heteroatoms. The van der Waals surface area contributed by atoms with Crippen molar-refractivity contribution in [1.29, 1.82) is 0 Å². The Balaban J connectivity index is 2.59. The number of hydrogen-bond donors (Lipinski definition) is 3. The average Bonchev–Trinajstić information content (AvgIpc) is 2.10. The first-order valence-electron chi connectivity index (χ1n) is 7.36. The minimum absolute atomic E-state index is 0.00722. The fourth-order valence-corrected chi connectivity index (χ4v) is 3.35. The molecule has 4 nitrogen and oxygen atoms in total. The van der Waals surface area contributed by atoms with Crippen molar-refractivity contribution in [3.8, 4) is 0 Å². The number of carbonyl (C=O) groups excluding carboxylic acids is 1. The zero-order valence-corrected chi connectivity index (χ0v) is 13.3. The molecule has 1 atom stereocenters. The van der Waals surface area contributed by atoms with Gasteiger partial charge in [0.15, 0.2) is 0 Å². The number of rotatable bonds is 4. The van der Waals surface area contributed by atoms with Crippen LogP contribution in [0.4, 0.5) is 0 Å². The Hall–Kier alpha value is -0.610. The molecule has 1 unspecified atom stereocenters. The Morgan fingerprint density at radius 1 is 1.26 bits per heavy atom. The highest BCUT2D eigenvalue weighted by atomic mass is 16.2. The summed E-state index contributed by atoms with van der Waals surface area (Å²) in [6.45, 7) is 12.9. The number of piperidine rings is 1. The molecule has 1 aliphatic heterocycles. The Labute approximate surface area is 117 Å². The van der Waals surface area contributed by atoms with E-state index in [0.29, 0.717) is 5.92 Å². The molecule has 1 rings (SSSR count). The number of nitrogens with two attached hydrogens (primary N) is 1. The van der Waals surface area contributed by atoms with E-state index in [1.54, 1.807) is 0 Å². The molecular weight excluding hydrogens is 238 g/mol. The summed E-state index contributed by atoms with van der Waals surface area (Å²) in [5.74, 6) is 0.439. The molecule has 1 aliphatic rings. The lowest BCUT2D eigenvalue weighted by Crippen LogP contribution is -2.63. The zero-order valence-electron chi connectivity index (χ0n) is 13.3. The second kappa shape index (κ2) is 5.80. The summed E-state index contributed by atoms with van der Waals surface area (Å²) in [6, 6.07) is -0.182. The van der Waals surface area contributed by atoms with Crippen LogP contribution >= 0.6 is 0 Å². The van der Waals surface area contributed by atoms with Crippen LogP contribution in [0.25, 0.3) is 0 Å². The quantitative estimate of drug-likeness (QED) is 0.729. The SMILES string of the molecule is CC(C)CC(N)C(=O)NC1CC(C)(C)NC(C)(C)C1. The summed E-state index contributed by atoms with van der Waals surface area (Å²) in [7, 11) is 0. The third-order valence-electron chi connectivity index (χ3n) is 3.60. The summed E-state index contributed by atoms with van der Waals surface area (Å²) < 4.78 is 0. The topological polar surface area (TPSA) is 67.2 Å². The molecule has 0 spiro atoms. The van der Waals surface area contributed by atoms with Crippen molar-refractivity contribution >= 4 is 5.91 Å². The predicted octanol–water partition coefficient (Wildman–Crippen LogP) is 1.79. The van der Waals surface area contributed by atoms with Crippen LogP contribution in [0.1, 0.15) is 60.8 Å². The highest BCUT2D eigenvalue weighted by molar-refractivity contribution is 5.81. The van der Waals surface area contributed by atoms with Gasteiger partial charge in [0.2, 0.25) is 5.91 Å². The van der Waals surface area contributed by atoms with Gasteiger partial charge >= 0.3 is 0 Å². The molecule has 0 aromatic rings. The van der Waals surface area contributed by atoms with E-state index in [1.165, 1.54) is 0 Å². The van der Waals surface area contributed by atoms with Gasteiger partial charge in [0.25, 0.3) is 0 Å². The summed E-state index contributed by atoms with van der Waals surface area (Å²) in [6.07, 6.45) is 2.62. The summed E-state index contributed by atoms with van der Waals surface area (Å²) in [4.78, 5) is 12.1. The zero-order chi connectivity index (χ0) is 14.8. The van der Waals surface area contributed by atoms with Gasteiger partial charge in [-0.25, -0.2) is 0 Å². The first-order valence-corrected chi connectivity index (χ1v) is 7.36. The van der Waals surface area contributed by atoms with Crippen molar-refractivity contribution in [2.24, 2.45) is 11.7 Å². The van der Waals surface area contributed by atoms with Gasteiger partial charge in [0.05, 0.1) is 6.04 Å². The van der Waals surface area contributed by atoms with Gasteiger partial charge in [0, 0.05) is 17.1 Å². The molecule has 0 aromatic carbocycles. The molecule has 4 N–H and O–H groups in total. The van der Waals surface area contributed by atoms with Crippen molar-refractivity contribution < 1.29 is 4.79 Å². The Morgan fingerprint density at radius 2 is 1.74 bits per heavy atom. The van der Waals surface area contributed by atoms with E-state index >= 15 is 0 Å². The monoisotopic (exact) mass is 269 g/mol. The molecule has 112 valence electrons. The van der Waals surface area contributed by atoms with Crippen LogP contribution in [0.15, 0.2) is 0 Å². The first kappa shape index (κ1) is 16.4. The van der Waals surface area contributed by atoms with E-state index in [4.69, 9.17) is 5.73 Å². The lowest BCUT2D eigenvalue weighted by Gasteiger charge is -2.46. The van der Waals surface area contributed by atoms with Gasteiger partial charge < -0.3 is 16.4 Å². The maximum Gasteiger partial charge on any atom is 0.237 e. The number of nitrogens with one attached hydrogen (secondary N) is 2. The number of carbonyl (C=O) groups is 1. The molecule has 0 bridgehead atoms. The van der Waals surface area contributed by atoms with Crippen LogP contribution in [0.5, 0.6) is 0 Å². The van der Waals surface area contributed by atoms with Crippen LogP contribution in [-0.2, 0) is 4.79 Å². The molecule has 0 aliphatic carbocycles. The van der Waals surface area contributed by atoms with Crippen LogP contribution in [0.2, 0.25) is 0 Å². The van der Waals surface area contributed by atoms with Crippen molar-refractivity contribution in [2.75, 3.05) is 0 Å². The van der Waals surface area contributed by atoms with Crippen molar-refractivity contribution in [2.45, 2.75) is 84.0 Å². The third-order valence-corrected chi connectivity index (χ3v) is 3.60. The molecule has 1 saturated heterocycles. The van der Waals surface area contributed by atoms with Gasteiger partial charge in [-0.05, 0) is 52.9 Å². The predicted molar refractivity (Wildman–Crippen MR) is 79.9 cm³/mol. The van der Waals surface area contributed by atoms with Crippen molar-refractivity contribution in [3.63, 3.8) is 0 Å². The minimum atomic E-state index is -0.388. The number of hydrogen-bond acceptors (Lipinski definition) is 3. The molecule has 1 amide bonds. The molecule has 19 heavy (non-hydrogen) atoms. The van der Waals surface area contributed by atoms with Gasteiger partial charge in [-0.1, -0.05) is 13.8 Å². The van der Waals surface area contributed by atoms with E-state index in [-0.39, 0.29) is 29.1 Å². The Morgan fingerprint density at radius 3 is 2.16 bits per heavy atom. The van der Waals surface area contributed by atoms with E-state index in [9.17, 15) is 4.79 Å². The van der Waals surface area contributed by atoms with Crippen LogP contribution in [-0.4, -0.2) is 29.1 Å². The Bertz CT molecular complexity index is 307. The average molecular weight is 269 g/mol. The summed E-state index contributed by atoms with van der Waals surface area (Å²) in [5, 5.41) is 6.75. The lowest BCUT2D eigenvalue weighted by atomic mass is 9.79. The molecule has 0 saturated carbocycles. The third kappa shape index (κ3) is 5.49. The van der Waals surface area contributed by atoms with Gasteiger partial charge in [-0.3, -0.25) is 4.79 Å². The van der Waals surface area contributed by atoms with E-state index in [0.717, 1.165) is 19.3 Å². The van der Waals surface area contributed by atoms with Gasteiger partial charge in [-0.2, -0.15) is 0 Å². The van der Waals surface area contributed by atoms with Crippen LogP contribution in [0.3, 0.4) is 0 Å². The lowest BCUT2D eigenvalue weighted by molar-refractivity contribution is -0.124. The molecule has 0 radical (unpaired) electrons. The first-order chi connectivity index (χ1) is 8.51. The van der Waals surface area contributed by atoms with Gasteiger partial charge in [0.1, 0.15) is 0 Å². The highest BCUT2D eigenvalue weighted by Gasteiger charge is 2.38. The van der Waals surface area contributed by atoms with E-state index in [1.807, 2.05) is 0 Å². The molecule has 0 aromatic heterocycles. The van der Waals surface area contributed by atoms with Crippen LogP contribution < -0.4 is 16.4 Å². The van der Waals surface area contributed by atoms with Crippen molar-refractivity contribution in [3.05, 3.63) is 0 Å². The van der Waals surface area contributed by atoms with Crippen LogP contribution in [0, 0.1) is 5.92 Å². The van der Waals surface area contributed by atoms with Gasteiger partial charge in [-0.15, -0.1) is 0 Å². The fraction of sp³-hybridized carbons (Fsp3) is 0.933. The molecule has 1 heterocycles. The van der Waals surface area contributed by atoms with E-state index < -0.39 is 0 Å². The Kier molecular flexibility index (Phi) is 5.02. The smallest absolute Gasteiger partial charge is 0.237 e. The second-order valence-corrected chi connectivity index (χ2v) is 7.74. The maximum atomic E-state index is 12.1. The maximum absolute atomic E-state index is 12.1. The molecular formula is C15H31N3O. The standard InChI is InChI=1S/C15H31N3O/c1-10(2)7-12(16)13(19)17-11-8-14(3,4)18-15(5,6)9-11/h10-12,18H,7-9,16H2,1-6H3,(H,17,19). The minimum Gasteiger partial charge on any atom is -0.352 e. The highest BCUT2D eigenvalue weighted by Crippen LogP contribution is 2.28. The fourth-order valence-electron chi connectivity index (χ4n) is 3.35.